The molecule has 5 nitrogen and oxygen atoms in total. The normalized spacial score (nSPS) is 9.88. The summed E-state index contributed by atoms with van der Waals surface area (Å²) in [4.78, 5) is 21.1. The van der Waals surface area contributed by atoms with Gasteiger partial charge < -0.3 is 49.3 Å². The van der Waals surface area contributed by atoms with E-state index in [4.69, 9.17) is 11.5 Å². The fourth-order valence-electron chi connectivity index (χ4n) is 2.31. The van der Waals surface area contributed by atoms with Crippen LogP contribution in [0.15, 0.2) is 0 Å². The van der Waals surface area contributed by atoms with Gasteiger partial charge in [-0.25, -0.2) is 0 Å². The van der Waals surface area contributed by atoms with Crippen LogP contribution in [-0.2, 0) is 75.0 Å². The van der Waals surface area contributed by atoms with Crippen LogP contribution in [0.4, 0.5) is 0 Å². The maximum absolute atomic E-state index is 10.9. The van der Waals surface area contributed by atoms with Crippen LogP contribution in [0.5, 0.6) is 0 Å². The van der Waals surface area contributed by atoms with E-state index in [1.807, 2.05) is 0 Å². The van der Waals surface area contributed by atoms with Crippen molar-refractivity contribution in [3.05, 3.63) is 27.7 Å². The number of nitrogens with one attached hydrogen (secondary N) is 1. The summed E-state index contributed by atoms with van der Waals surface area (Å²) < 4.78 is 0. The van der Waals surface area contributed by atoms with E-state index in [9.17, 15) is 9.59 Å². The number of hydrogen-bond donors (Lipinski definition) is 3. The van der Waals surface area contributed by atoms with Crippen LogP contribution >= 0.6 is 0 Å². The minimum atomic E-state index is -0.0463. The van der Waals surface area contributed by atoms with Gasteiger partial charge in [0, 0.05) is 71.8 Å². The summed E-state index contributed by atoms with van der Waals surface area (Å²) in [6.07, 6.45) is 9.97. The summed E-state index contributed by atoms with van der Waals surface area (Å²) in [6.45, 7) is 29.0. The zero-order valence-corrected chi connectivity index (χ0v) is 29.3. The second-order valence-corrected chi connectivity index (χ2v) is 10.1. The summed E-state index contributed by atoms with van der Waals surface area (Å²) >= 11 is 0. The molecule has 202 valence electrons. The van der Waals surface area contributed by atoms with Crippen LogP contribution in [0, 0.1) is 38.5 Å². The predicted molar refractivity (Wildman–Crippen MR) is 143 cm³/mol. The summed E-state index contributed by atoms with van der Waals surface area (Å²) in [6, 6.07) is 0. The Hall–Kier alpha value is 1.27. The molecule has 0 unspecified atom stereocenters. The quantitative estimate of drug-likeness (QED) is 0.196. The standard InChI is InChI=1S/C12H23O.C8H19N.C5H9NO.C2H6N.2Y/c1-5-11(13)9-7-6-8-10-12(2,3)4;1-8(2,3)6-4-5-7-9;1-3-5(7)6-4-2;1-2-3;;/h1,5-10H2,2-4H3;4-7,9H2,1-3H3;1-4H2,(H,6,7);1-3H2;;/q-1;;-2;-1;;. The molecule has 0 bridgehead atoms. The average Bonchev–Trinajstić information content (AvgIpc) is 2.67. The molecule has 34 heavy (non-hydrogen) atoms. The fourth-order valence-corrected chi connectivity index (χ4v) is 2.31. The first-order chi connectivity index (χ1) is 14.7. The van der Waals surface area contributed by atoms with Gasteiger partial charge in [0.1, 0.15) is 5.78 Å². The predicted octanol–water partition coefficient (Wildman–Crippen LogP) is 5.87. The number of hydrogen-bond acceptors (Lipinski definition) is 4. The number of carbonyl (C=O) groups is 2. The molecular formula is C27H57N3O2Y2-4. The van der Waals surface area contributed by atoms with Crippen molar-refractivity contribution in [2.45, 2.75) is 106 Å². The van der Waals surface area contributed by atoms with Crippen molar-refractivity contribution in [2.75, 3.05) is 19.6 Å². The zero-order chi connectivity index (χ0) is 26.1. The third-order valence-electron chi connectivity index (χ3n) is 4.09. The Kier molecular flexibility index (Phi) is 48.7. The SMILES string of the molecule is CC(C)(C)CCCCN.[CH2-]CC(=O)CCCCCC(C)(C)C.[CH2-]CN.[CH2-]CNC(=O)C[CH2-].[Y].[Y]. The Morgan fingerprint density at radius 1 is 0.706 bits per heavy atom. The molecule has 5 N–H and O–H groups in total. The second-order valence-electron chi connectivity index (χ2n) is 10.1. The van der Waals surface area contributed by atoms with Crippen LogP contribution in [0.1, 0.15) is 106 Å². The van der Waals surface area contributed by atoms with Crippen molar-refractivity contribution in [1.29, 1.82) is 0 Å². The molecule has 0 aromatic rings. The van der Waals surface area contributed by atoms with Crippen molar-refractivity contribution in [1.82, 2.24) is 5.32 Å². The maximum atomic E-state index is 10.9. The van der Waals surface area contributed by atoms with Crippen LogP contribution in [0.25, 0.3) is 0 Å². The van der Waals surface area contributed by atoms with E-state index in [0.29, 0.717) is 42.5 Å². The minimum absolute atomic E-state index is 0. The van der Waals surface area contributed by atoms with Crippen LogP contribution in [-0.4, -0.2) is 31.3 Å². The van der Waals surface area contributed by atoms with Gasteiger partial charge in [-0.15, -0.1) is 25.9 Å². The van der Waals surface area contributed by atoms with Crippen molar-refractivity contribution < 1.29 is 75.0 Å². The molecule has 0 aliphatic carbocycles. The molecule has 0 atom stereocenters. The molecule has 0 rings (SSSR count). The van der Waals surface area contributed by atoms with Gasteiger partial charge in [0.15, 0.2) is 5.91 Å². The van der Waals surface area contributed by atoms with E-state index in [-0.39, 0.29) is 71.3 Å². The van der Waals surface area contributed by atoms with Crippen molar-refractivity contribution in [2.24, 2.45) is 22.3 Å². The summed E-state index contributed by atoms with van der Waals surface area (Å²) in [7, 11) is 0. The van der Waals surface area contributed by atoms with E-state index < -0.39 is 0 Å². The first-order valence-electron chi connectivity index (χ1n) is 12.1. The van der Waals surface area contributed by atoms with Gasteiger partial charge in [-0.05, 0) is 43.1 Å². The summed E-state index contributed by atoms with van der Waals surface area (Å²) in [5.74, 6) is 0.255. The summed E-state index contributed by atoms with van der Waals surface area (Å²) in [5, 5.41) is 2.48. The summed E-state index contributed by atoms with van der Waals surface area (Å²) in [5.41, 5.74) is 11.0. The number of unbranched alkanes of at least 4 members (excludes halogenated alkanes) is 3. The van der Waals surface area contributed by atoms with E-state index >= 15 is 0 Å². The molecule has 0 heterocycles. The first-order valence-corrected chi connectivity index (χ1v) is 12.1. The topological polar surface area (TPSA) is 98.2 Å². The largest absolute Gasteiger partial charge is 0.388 e. The molecule has 7 heteroatoms. The van der Waals surface area contributed by atoms with Crippen molar-refractivity contribution in [3.8, 4) is 0 Å². The minimum Gasteiger partial charge on any atom is -0.388 e. The third kappa shape index (κ3) is 64.0. The Balaban J connectivity index is -0.0000000825. The van der Waals surface area contributed by atoms with Gasteiger partial charge in [-0.2, -0.15) is 0 Å². The van der Waals surface area contributed by atoms with Crippen molar-refractivity contribution >= 4 is 11.7 Å². The monoisotopic (exact) mass is 633 g/mol. The molecule has 0 saturated heterocycles. The second kappa shape index (κ2) is 34.3. The third-order valence-corrected chi connectivity index (χ3v) is 4.09. The molecule has 1 amide bonds. The van der Waals surface area contributed by atoms with Crippen molar-refractivity contribution in [3.63, 3.8) is 0 Å². The molecule has 0 aliphatic heterocycles. The van der Waals surface area contributed by atoms with E-state index in [0.717, 1.165) is 19.4 Å². The maximum Gasteiger partial charge on any atom is 0.187 e. The Morgan fingerprint density at radius 2 is 1.12 bits per heavy atom. The number of Topliss-reactive ketones (excluding diaryl/α,β-unsaturated/α-hetero) is 1. The van der Waals surface area contributed by atoms with E-state index in [1.54, 1.807) is 0 Å². The number of nitrogens with two attached hydrogens (primary N) is 2. The van der Waals surface area contributed by atoms with Crippen LogP contribution in [0.3, 0.4) is 0 Å². The molecule has 0 aromatic carbocycles. The Bertz CT molecular complexity index is 408. The van der Waals surface area contributed by atoms with Gasteiger partial charge >= 0.3 is 0 Å². The molecule has 0 aliphatic rings. The number of ketones is 1. The van der Waals surface area contributed by atoms with Gasteiger partial charge in [0.2, 0.25) is 0 Å². The van der Waals surface area contributed by atoms with Crippen LogP contribution in [0.2, 0.25) is 0 Å². The molecular weight excluding hydrogens is 576 g/mol. The first kappa shape index (κ1) is 48.3. The smallest absolute Gasteiger partial charge is 0.187 e. The number of rotatable bonds is 11. The van der Waals surface area contributed by atoms with Gasteiger partial charge in [-0.1, -0.05) is 60.8 Å². The van der Waals surface area contributed by atoms with Crippen LogP contribution < -0.4 is 16.8 Å². The number of amides is 1. The number of carbonyl (C=O) groups excluding carboxylic acids is 2. The molecule has 0 saturated carbocycles. The molecule has 2 radical (unpaired) electrons. The Labute approximate surface area is 265 Å². The van der Waals surface area contributed by atoms with Gasteiger partial charge in [0.25, 0.3) is 0 Å². The van der Waals surface area contributed by atoms with Gasteiger partial charge in [-0.3, -0.25) is 4.79 Å². The molecule has 0 aromatic heterocycles. The fraction of sp³-hybridized carbons (Fsp3) is 0.778. The Morgan fingerprint density at radius 3 is 1.38 bits per heavy atom. The van der Waals surface area contributed by atoms with E-state index in [1.165, 1.54) is 38.5 Å². The van der Waals surface area contributed by atoms with E-state index in [2.05, 4.69) is 74.6 Å². The molecule has 0 fully saturated rings. The molecule has 0 spiro atoms. The van der Waals surface area contributed by atoms with Gasteiger partial charge in [0.05, 0.1) is 0 Å². The average molecular weight is 634 g/mol. The zero-order valence-electron chi connectivity index (χ0n) is 23.6.